The molecule has 0 bridgehead atoms. The summed E-state index contributed by atoms with van der Waals surface area (Å²) in [5.74, 6) is 0. The van der Waals surface area contributed by atoms with Crippen molar-refractivity contribution < 1.29 is 27.9 Å². The van der Waals surface area contributed by atoms with Crippen LogP contribution in [0.2, 0.25) is 0 Å². The van der Waals surface area contributed by atoms with Gasteiger partial charge in [0.2, 0.25) is 0 Å². The first-order valence-corrected chi connectivity index (χ1v) is 9.26. The number of alkyl halides is 3. The molecule has 0 heterocycles. The fourth-order valence-electron chi connectivity index (χ4n) is 2.21. The molecule has 29 heavy (non-hydrogen) atoms. The second-order valence-electron chi connectivity index (χ2n) is 5.16. The van der Waals surface area contributed by atoms with E-state index >= 15 is 0 Å². The summed E-state index contributed by atoms with van der Waals surface area (Å²) in [4.78, 5) is 30.2. The smallest absolute Gasteiger partial charge is 0.342 e. The van der Waals surface area contributed by atoms with Gasteiger partial charge in [0.05, 0.1) is 42.6 Å². The van der Waals surface area contributed by atoms with Crippen LogP contribution in [0.1, 0.15) is 5.56 Å². The minimum Gasteiger partial charge on any atom is -0.342 e. The van der Waals surface area contributed by atoms with Gasteiger partial charge in [0.15, 0.2) is 5.69 Å². The van der Waals surface area contributed by atoms with E-state index in [4.69, 9.17) is 0 Å². The predicted octanol–water partition coefficient (Wildman–Crippen LogP) is 6.46. The molecule has 1 N–H and O–H groups in total. The lowest BCUT2D eigenvalue weighted by atomic mass is 10.1. The number of halogens is 6. The Morgan fingerprint density at radius 3 is 1.66 bits per heavy atom. The number of benzene rings is 2. The van der Waals surface area contributed by atoms with Gasteiger partial charge in [-0.1, -0.05) is 15.9 Å². The summed E-state index contributed by atoms with van der Waals surface area (Å²) in [6.45, 7) is 0. The van der Waals surface area contributed by atoms with E-state index in [1.165, 1.54) is 0 Å². The third kappa shape index (κ3) is 4.64. The van der Waals surface area contributed by atoms with Crippen molar-refractivity contribution in [2.75, 3.05) is 5.32 Å². The molecule has 0 unspecified atom stereocenters. The molecule has 0 saturated heterocycles. The summed E-state index contributed by atoms with van der Waals surface area (Å²) in [5, 5.41) is 35.8. The number of rotatable bonds is 5. The van der Waals surface area contributed by atoms with Gasteiger partial charge in [-0.15, -0.1) is 0 Å². The molecule has 0 saturated carbocycles. The molecule has 0 fully saturated rings. The quantitative estimate of drug-likeness (QED) is 0.303. The Labute approximate surface area is 182 Å². The van der Waals surface area contributed by atoms with E-state index in [2.05, 4.69) is 53.1 Å². The summed E-state index contributed by atoms with van der Waals surface area (Å²) in [6, 6.07) is 1.90. The number of nitro groups is 3. The van der Waals surface area contributed by atoms with E-state index in [9.17, 15) is 43.5 Å². The maximum absolute atomic E-state index is 13.3. The van der Waals surface area contributed by atoms with E-state index in [0.29, 0.717) is 12.1 Å². The molecule has 2 rings (SSSR count). The topological polar surface area (TPSA) is 141 Å². The number of anilines is 2. The Balaban J connectivity index is 2.83. The van der Waals surface area contributed by atoms with Gasteiger partial charge < -0.3 is 5.32 Å². The second kappa shape index (κ2) is 8.19. The normalized spacial score (nSPS) is 11.2. The Hall–Kier alpha value is -2.33. The molecule has 154 valence electrons. The van der Waals surface area contributed by atoms with Crippen molar-refractivity contribution in [3.05, 3.63) is 67.5 Å². The summed E-state index contributed by atoms with van der Waals surface area (Å²) in [7, 11) is 0. The van der Waals surface area contributed by atoms with Crippen molar-refractivity contribution in [3.8, 4) is 0 Å². The van der Waals surface area contributed by atoms with Gasteiger partial charge >= 0.3 is 17.6 Å². The maximum atomic E-state index is 13.3. The highest BCUT2D eigenvalue weighted by Gasteiger charge is 2.38. The number of non-ortho nitro benzene ring substituents is 1. The van der Waals surface area contributed by atoms with Gasteiger partial charge in [-0.2, -0.15) is 13.2 Å². The average molecular weight is 609 g/mol. The largest absolute Gasteiger partial charge is 0.418 e. The molecular weight excluding hydrogens is 605 g/mol. The van der Waals surface area contributed by atoms with Crippen molar-refractivity contribution in [3.63, 3.8) is 0 Å². The van der Waals surface area contributed by atoms with Gasteiger partial charge in [-0.25, -0.2) is 0 Å². The van der Waals surface area contributed by atoms with Gasteiger partial charge in [-0.3, -0.25) is 30.3 Å². The summed E-state index contributed by atoms with van der Waals surface area (Å²) >= 11 is 8.48. The van der Waals surface area contributed by atoms with E-state index in [1.807, 2.05) is 0 Å². The van der Waals surface area contributed by atoms with Crippen LogP contribution in [0.25, 0.3) is 0 Å². The lowest BCUT2D eigenvalue weighted by Gasteiger charge is -2.17. The first-order chi connectivity index (χ1) is 13.3. The maximum Gasteiger partial charge on any atom is 0.418 e. The zero-order valence-corrected chi connectivity index (χ0v) is 18.0. The SMILES string of the molecule is O=[N+]([O-])c1cc([N+](=O)[O-])c(Nc2c(Br)cc(Br)c(C(F)(F)F)c2Br)c([N+](=O)[O-])c1. The van der Waals surface area contributed by atoms with Crippen molar-refractivity contribution in [1.29, 1.82) is 0 Å². The Morgan fingerprint density at radius 1 is 0.793 bits per heavy atom. The zero-order valence-electron chi connectivity index (χ0n) is 13.3. The van der Waals surface area contributed by atoms with Crippen LogP contribution < -0.4 is 5.32 Å². The van der Waals surface area contributed by atoms with Crippen LogP contribution in [0.3, 0.4) is 0 Å². The first kappa shape index (κ1) is 23.0. The van der Waals surface area contributed by atoms with Crippen molar-refractivity contribution >= 4 is 76.2 Å². The van der Waals surface area contributed by atoms with Crippen molar-refractivity contribution in [1.82, 2.24) is 0 Å². The highest BCUT2D eigenvalue weighted by molar-refractivity contribution is 9.11. The van der Waals surface area contributed by atoms with Crippen LogP contribution in [-0.4, -0.2) is 14.8 Å². The third-order valence-corrected chi connectivity index (χ3v) is 5.43. The molecule has 0 aliphatic rings. The van der Waals surface area contributed by atoms with Crippen LogP contribution in [0.4, 0.5) is 41.6 Å². The van der Waals surface area contributed by atoms with Gasteiger partial charge in [0.1, 0.15) is 0 Å². The highest BCUT2D eigenvalue weighted by atomic mass is 79.9. The number of nitrogens with zero attached hydrogens (tertiary/aromatic N) is 3. The fraction of sp³-hybridized carbons (Fsp3) is 0.0769. The first-order valence-electron chi connectivity index (χ1n) is 6.88. The number of nitro benzene ring substituents is 3. The van der Waals surface area contributed by atoms with Crippen LogP contribution in [0.15, 0.2) is 31.6 Å². The molecule has 16 heteroatoms. The average Bonchev–Trinajstić information content (AvgIpc) is 2.55. The van der Waals surface area contributed by atoms with E-state index in [1.54, 1.807) is 0 Å². The van der Waals surface area contributed by atoms with Crippen molar-refractivity contribution in [2.45, 2.75) is 6.18 Å². The molecule has 10 nitrogen and oxygen atoms in total. The molecule has 0 atom stereocenters. The number of hydrogen-bond donors (Lipinski definition) is 1. The monoisotopic (exact) mass is 606 g/mol. The molecule has 0 aromatic heterocycles. The number of hydrogen-bond acceptors (Lipinski definition) is 7. The standard InChI is InChI=1S/C13H4Br3F3N4O6/c14-5-3-6(15)11(10(16)9(5)13(17,18)19)20-12-7(22(26)27)1-4(21(24)25)2-8(12)23(28)29/h1-3,20H. The molecule has 0 spiro atoms. The molecule has 2 aromatic carbocycles. The lowest BCUT2D eigenvalue weighted by Crippen LogP contribution is -2.10. The van der Waals surface area contributed by atoms with E-state index < -0.39 is 59.4 Å². The van der Waals surface area contributed by atoms with Crippen LogP contribution in [0.5, 0.6) is 0 Å². The molecule has 0 aliphatic heterocycles. The number of nitrogens with one attached hydrogen (secondary N) is 1. The minimum atomic E-state index is -4.85. The van der Waals surface area contributed by atoms with Gasteiger partial charge in [0, 0.05) is 8.95 Å². The third-order valence-electron chi connectivity index (χ3n) is 3.39. The summed E-state index contributed by atoms with van der Waals surface area (Å²) in [5.41, 5.74) is -5.50. The van der Waals surface area contributed by atoms with Crippen LogP contribution in [0, 0.1) is 30.3 Å². The zero-order chi connectivity index (χ0) is 22.3. The van der Waals surface area contributed by atoms with E-state index in [-0.39, 0.29) is 8.95 Å². The predicted molar refractivity (Wildman–Crippen MR) is 104 cm³/mol. The van der Waals surface area contributed by atoms with E-state index in [0.717, 1.165) is 6.07 Å². The molecule has 2 aromatic rings. The van der Waals surface area contributed by atoms with Crippen LogP contribution >= 0.6 is 47.8 Å². The van der Waals surface area contributed by atoms with Crippen molar-refractivity contribution in [2.24, 2.45) is 0 Å². The minimum absolute atomic E-state index is 0.0359. The second-order valence-corrected chi connectivity index (χ2v) is 7.66. The highest BCUT2D eigenvalue weighted by Crippen LogP contribution is 2.49. The Kier molecular flexibility index (Phi) is 6.48. The molecule has 0 aliphatic carbocycles. The molecular formula is C13H4Br3F3N4O6. The fourth-order valence-corrected chi connectivity index (χ4v) is 4.98. The Morgan fingerprint density at radius 2 is 1.28 bits per heavy atom. The molecule has 0 radical (unpaired) electrons. The molecule has 0 amide bonds. The van der Waals surface area contributed by atoms with Crippen LogP contribution in [-0.2, 0) is 6.18 Å². The van der Waals surface area contributed by atoms with Gasteiger partial charge in [-0.05, 0) is 37.9 Å². The van der Waals surface area contributed by atoms with Gasteiger partial charge in [0.25, 0.3) is 5.69 Å². The lowest BCUT2D eigenvalue weighted by molar-refractivity contribution is -0.401. The summed E-state index contributed by atoms with van der Waals surface area (Å²) in [6.07, 6.45) is -4.85. The Bertz CT molecular complexity index is 1030. The summed E-state index contributed by atoms with van der Waals surface area (Å²) < 4.78 is 39.0.